The van der Waals surface area contributed by atoms with Gasteiger partial charge in [-0.3, -0.25) is 4.99 Å². The second-order valence-electron chi connectivity index (χ2n) is 4.53. The third-order valence-electron chi connectivity index (χ3n) is 2.76. The summed E-state index contributed by atoms with van der Waals surface area (Å²) in [7, 11) is 0. The fourth-order valence-corrected chi connectivity index (χ4v) is 2.10. The summed E-state index contributed by atoms with van der Waals surface area (Å²) < 4.78 is 10.7. The second-order valence-corrected chi connectivity index (χ2v) is 5.38. The van der Waals surface area contributed by atoms with Crippen LogP contribution in [-0.2, 0) is 16.1 Å². The van der Waals surface area contributed by atoms with Gasteiger partial charge >= 0.3 is 0 Å². The van der Waals surface area contributed by atoms with E-state index in [2.05, 4.69) is 10.3 Å². The maximum Gasteiger partial charge on any atom is 0.188 e. The van der Waals surface area contributed by atoms with Crippen LogP contribution in [0, 0.1) is 0 Å². The molecule has 3 N–H and O–H groups in total. The Morgan fingerprint density at radius 2 is 2.04 bits per heavy atom. The van der Waals surface area contributed by atoms with E-state index in [0.29, 0.717) is 48.9 Å². The Morgan fingerprint density at radius 1 is 1.26 bits per heavy atom. The average molecular weight is 476 g/mol. The highest BCUT2D eigenvalue weighted by Crippen LogP contribution is 2.21. The second kappa shape index (κ2) is 14.1. The minimum Gasteiger partial charge on any atom is -0.382 e. The Labute approximate surface area is 164 Å². The summed E-state index contributed by atoms with van der Waals surface area (Å²) in [6.45, 7) is 5.59. The first-order valence-electron chi connectivity index (χ1n) is 7.26. The smallest absolute Gasteiger partial charge is 0.188 e. The van der Waals surface area contributed by atoms with E-state index in [1.165, 1.54) is 0 Å². The summed E-state index contributed by atoms with van der Waals surface area (Å²) in [4.78, 5) is 4.19. The molecule has 1 rings (SSSR count). The van der Waals surface area contributed by atoms with E-state index in [1.807, 2.05) is 13.0 Å². The molecule has 0 amide bonds. The summed E-state index contributed by atoms with van der Waals surface area (Å²) in [5.74, 6) is 0.421. The SMILES string of the molecule is CCOCCCN=C(N)NCCOCc1ccc(Cl)cc1Cl.I. The zero-order valence-electron chi connectivity index (χ0n) is 13.2. The molecule has 0 unspecified atom stereocenters. The molecule has 1 aromatic rings. The number of guanidine groups is 1. The van der Waals surface area contributed by atoms with Crippen molar-refractivity contribution in [3.63, 3.8) is 0 Å². The van der Waals surface area contributed by atoms with Crippen molar-refractivity contribution < 1.29 is 9.47 Å². The zero-order chi connectivity index (χ0) is 16.2. The molecule has 23 heavy (non-hydrogen) atoms. The van der Waals surface area contributed by atoms with Crippen molar-refractivity contribution in [2.24, 2.45) is 10.7 Å². The van der Waals surface area contributed by atoms with Crippen LogP contribution in [0.2, 0.25) is 10.0 Å². The standard InChI is InChI=1S/C15H23Cl2N3O2.HI/c1-2-21-8-3-6-19-15(18)20-7-9-22-11-12-4-5-13(16)10-14(12)17;/h4-5,10H,2-3,6-9,11H2,1H3,(H3,18,19,20);1H. The lowest BCUT2D eigenvalue weighted by Crippen LogP contribution is -2.34. The number of aliphatic imine (C=N–C) groups is 1. The molecule has 1 aromatic carbocycles. The number of benzene rings is 1. The maximum atomic E-state index is 6.06. The van der Waals surface area contributed by atoms with Crippen LogP contribution >= 0.6 is 47.2 Å². The number of ether oxygens (including phenoxy) is 2. The summed E-state index contributed by atoms with van der Waals surface area (Å²) in [6.07, 6.45) is 0.863. The molecule has 0 radical (unpaired) electrons. The number of nitrogens with one attached hydrogen (secondary N) is 1. The first-order chi connectivity index (χ1) is 10.6. The predicted octanol–water partition coefficient (Wildman–Crippen LogP) is 3.46. The third kappa shape index (κ3) is 11.0. The van der Waals surface area contributed by atoms with Crippen LogP contribution in [0.4, 0.5) is 0 Å². The van der Waals surface area contributed by atoms with Gasteiger partial charge in [-0.2, -0.15) is 0 Å². The normalized spacial score (nSPS) is 11.2. The monoisotopic (exact) mass is 475 g/mol. The third-order valence-corrected chi connectivity index (χ3v) is 3.35. The van der Waals surface area contributed by atoms with Crippen molar-refractivity contribution in [1.82, 2.24) is 5.32 Å². The van der Waals surface area contributed by atoms with Gasteiger partial charge in [0.1, 0.15) is 0 Å². The van der Waals surface area contributed by atoms with Gasteiger partial charge < -0.3 is 20.5 Å². The lowest BCUT2D eigenvalue weighted by molar-refractivity contribution is 0.125. The van der Waals surface area contributed by atoms with Crippen LogP contribution in [0.5, 0.6) is 0 Å². The molecule has 0 saturated heterocycles. The number of hydrogen-bond donors (Lipinski definition) is 2. The lowest BCUT2D eigenvalue weighted by atomic mass is 10.2. The van der Waals surface area contributed by atoms with Gasteiger partial charge in [-0.25, -0.2) is 0 Å². The summed E-state index contributed by atoms with van der Waals surface area (Å²) in [5.41, 5.74) is 6.64. The Balaban J connectivity index is 0.00000484. The highest BCUT2D eigenvalue weighted by atomic mass is 127. The van der Waals surface area contributed by atoms with Gasteiger partial charge in [0.15, 0.2) is 5.96 Å². The van der Waals surface area contributed by atoms with Crippen LogP contribution in [0.15, 0.2) is 23.2 Å². The average Bonchev–Trinajstić information content (AvgIpc) is 2.48. The molecule has 0 heterocycles. The van der Waals surface area contributed by atoms with E-state index in [-0.39, 0.29) is 24.0 Å². The molecule has 0 aliphatic rings. The topological polar surface area (TPSA) is 68.9 Å². The molecule has 0 saturated carbocycles. The van der Waals surface area contributed by atoms with Crippen LogP contribution in [0.25, 0.3) is 0 Å². The number of halogens is 3. The fourth-order valence-electron chi connectivity index (χ4n) is 1.64. The van der Waals surface area contributed by atoms with Gasteiger partial charge in [0.25, 0.3) is 0 Å². The summed E-state index contributed by atoms with van der Waals surface area (Å²) >= 11 is 11.9. The molecule has 0 atom stereocenters. The number of nitrogens with two attached hydrogens (primary N) is 1. The first-order valence-corrected chi connectivity index (χ1v) is 8.02. The Morgan fingerprint density at radius 3 is 2.74 bits per heavy atom. The molecular weight excluding hydrogens is 452 g/mol. The number of hydrogen-bond acceptors (Lipinski definition) is 3. The number of rotatable bonds is 10. The molecule has 8 heteroatoms. The Kier molecular flexibility index (Phi) is 13.9. The molecular formula is C15H24Cl2IN3O2. The van der Waals surface area contributed by atoms with E-state index in [4.69, 9.17) is 38.4 Å². The van der Waals surface area contributed by atoms with E-state index in [9.17, 15) is 0 Å². The van der Waals surface area contributed by atoms with Gasteiger partial charge in [0, 0.05) is 36.3 Å². The van der Waals surface area contributed by atoms with Gasteiger partial charge in [-0.05, 0) is 31.0 Å². The highest BCUT2D eigenvalue weighted by molar-refractivity contribution is 14.0. The van der Waals surface area contributed by atoms with Gasteiger partial charge in [0.05, 0.1) is 13.2 Å². The molecule has 0 aliphatic heterocycles. The minimum atomic E-state index is 0. The van der Waals surface area contributed by atoms with Crippen molar-refractivity contribution in [1.29, 1.82) is 0 Å². The number of nitrogens with zero attached hydrogens (tertiary/aromatic N) is 1. The van der Waals surface area contributed by atoms with E-state index in [0.717, 1.165) is 18.6 Å². The van der Waals surface area contributed by atoms with Gasteiger partial charge in [0.2, 0.25) is 0 Å². The van der Waals surface area contributed by atoms with Crippen LogP contribution in [-0.4, -0.2) is 38.9 Å². The highest BCUT2D eigenvalue weighted by Gasteiger charge is 2.01. The molecule has 0 bridgehead atoms. The predicted molar refractivity (Wildman–Crippen MR) is 107 cm³/mol. The van der Waals surface area contributed by atoms with Crippen molar-refractivity contribution in [2.75, 3.05) is 32.9 Å². The Hall–Kier alpha value is -0.280. The molecule has 0 fully saturated rings. The van der Waals surface area contributed by atoms with Crippen molar-refractivity contribution in [3.8, 4) is 0 Å². The maximum absolute atomic E-state index is 6.06. The lowest BCUT2D eigenvalue weighted by Gasteiger charge is -2.08. The first kappa shape index (κ1) is 22.7. The quantitative estimate of drug-likeness (QED) is 0.235. The minimum absolute atomic E-state index is 0. The molecule has 0 aliphatic carbocycles. The fraction of sp³-hybridized carbons (Fsp3) is 0.533. The van der Waals surface area contributed by atoms with Crippen molar-refractivity contribution in [3.05, 3.63) is 33.8 Å². The van der Waals surface area contributed by atoms with E-state index in [1.54, 1.807) is 12.1 Å². The van der Waals surface area contributed by atoms with Crippen molar-refractivity contribution >= 4 is 53.1 Å². The van der Waals surface area contributed by atoms with Gasteiger partial charge in [-0.15, -0.1) is 24.0 Å². The molecule has 5 nitrogen and oxygen atoms in total. The zero-order valence-corrected chi connectivity index (χ0v) is 17.0. The van der Waals surface area contributed by atoms with E-state index >= 15 is 0 Å². The van der Waals surface area contributed by atoms with Crippen LogP contribution < -0.4 is 11.1 Å². The molecule has 132 valence electrons. The Bertz CT molecular complexity index is 476. The summed E-state index contributed by atoms with van der Waals surface area (Å²) in [6, 6.07) is 5.34. The summed E-state index contributed by atoms with van der Waals surface area (Å²) in [5, 5.41) is 4.21. The van der Waals surface area contributed by atoms with Crippen LogP contribution in [0.3, 0.4) is 0 Å². The molecule has 0 spiro atoms. The van der Waals surface area contributed by atoms with Crippen LogP contribution in [0.1, 0.15) is 18.9 Å². The molecule has 0 aromatic heterocycles. The van der Waals surface area contributed by atoms with Crippen molar-refractivity contribution in [2.45, 2.75) is 20.0 Å². The van der Waals surface area contributed by atoms with E-state index < -0.39 is 0 Å². The largest absolute Gasteiger partial charge is 0.382 e. The van der Waals surface area contributed by atoms with Gasteiger partial charge in [-0.1, -0.05) is 29.3 Å².